The number of benzene rings is 2. The molecule has 0 saturated heterocycles. The number of amides is 2. The summed E-state index contributed by atoms with van der Waals surface area (Å²) in [6, 6.07) is 13.5. The monoisotopic (exact) mass is 377 g/mol. The lowest BCUT2D eigenvalue weighted by Crippen LogP contribution is -2.25. The number of nitrogens with one attached hydrogen (secondary N) is 2. The van der Waals surface area contributed by atoms with Crippen LogP contribution in [0.4, 0.5) is 16.2 Å². The molecule has 6 heteroatoms. The Balaban J connectivity index is 1.88. The van der Waals surface area contributed by atoms with Gasteiger partial charge in [-0.25, -0.2) is 4.79 Å². The number of hydrogen-bond donors (Lipinski definition) is 2. The summed E-state index contributed by atoms with van der Waals surface area (Å²) in [5.41, 5.74) is 1.64. The van der Waals surface area contributed by atoms with Crippen molar-refractivity contribution in [1.29, 1.82) is 0 Å². The topological polar surface area (TPSA) is 80.2 Å². The van der Waals surface area contributed by atoms with Crippen LogP contribution in [-0.4, -0.2) is 16.4 Å². The van der Waals surface area contributed by atoms with Crippen LogP contribution in [0.3, 0.4) is 0 Å². The molecule has 3 rings (SSSR count). The van der Waals surface area contributed by atoms with Crippen molar-refractivity contribution in [3.63, 3.8) is 0 Å². The number of fused-ring (bicyclic) bond motifs is 1. The molecule has 0 aliphatic rings. The SMILES string of the molecule is CC(=O)c1ccc(NC(=O)Nc2cn(CC(C)C)c(=O)c3ccccc23)cc1. The van der Waals surface area contributed by atoms with Crippen molar-refractivity contribution < 1.29 is 9.59 Å². The second-order valence-corrected chi connectivity index (χ2v) is 7.15. The van der Waals surface area contributed by atoms with Gasteiger partial charge in [0, 0.05) is 34.8 Å². The number of carbonyl (C=O) groups is 2. The molecule has 2 amide bonds. The molecule has 0 aliphatic heterocycles. The summed E-state index contributed by atoms with van der Waals surface area (Å²) in [5.74, 6) is 0.259. The van der Waals surface area contributed by atoms with Crippen molar-refractivity contribution in [3.05, 3.63) is 70.6 Å². The highest BCUT2D eigenvalue weighted by Gasteiger charge is 2.12. The van der Waals surface area contributed by atoms with Gasteiger partial charge in [-0.1, -0.05) is 32.0 Å². The van der Waals surface area contributed by atoms with Gasteiger partial charge in [-0.3, -0.25) is 9.59 Å². The van der Waals surface area contributed by atoms with Crippen molar-refractivity contribution >= 4 is 34.0 Å². The summed E-state index contributed by atoms with van der Waals surface area (Å²) >= 11 is 0. The fourth-order valence-electron chi connectivity index (χ4n) is 3.04. The van der Waals surface area contributed by atoms with Crippen molar-refractivity contribution in [2.75, 3.05) is 10.6 Å². The number of anilines is 2. The lowest BCUT2D eigenvalue weighted by molar-refractivity contribution is 0.101. The highest BCUT2D eigenvalue weighted by Crippen LogP contribution is 2.21. The van der Waals surface area contributed by atoms with E-state index in [9.17, 15) is 14.4 Å². The molecule has 0 aliphatic carbocycles. The molecule has 2 aromatic carbocycles. The van der Waals surface area contributed by atoms with Gasteiger partial charge in [0.25, 0.3) is 5.56 Å². The second kappa shape index (κ2) is 8.08. The molecule has 0 spiro atoms. The first-order valence-electron chi connectivity index (χ1n) is 9.16. The van der Waals surface area contributed by atoms with E-state index in [4.69, 9.17) is 0 Å². The number of aromatic nitrogens is 1. The van der Waals surface area contributed by atoms with Crippen LogP contribution in [0.2, 0.25) is 0 Å². The maximum absolute atomic E-state index is 12.7. The predicted molar refractivity (Wildman–Crippen MR) is 112 cm³/mol. The first kappa shape index (κ1) is 19.4. The number of pyridine rings is 1. The Morgan fingerprint density at radius 1 is 0.964 bits per heavy atom. The second-order valence-electron chi connectivity index (χ2n) is 7.15. The van der Waals surface area contributed by atoms with Gasteiger partial charge in [0.1, 0.15) is 0 Å². The molecule has 3 aromatic rings. The van der Waals surface area contributed by atoms with E-state index in [1.165, 1.54) is 6.92 Å². The highest BCUT2D eigenvalue weighted by atomic mass is 16.2. The average Bonchev–Trinajstić information content (AvgIpc) is 2.65. The maximum atomic E-state index is 12.7. The van der Waals surface area contributed by atoms with E-state index < -0.39 is 6.03 Å². The zero-order valence-corrected chi connectivity index (χ0v) is 16.2. The van der Waals surface area contributed by atoms with E-state index in [0.717, 1.165) is 0 Å². The van der Waals surface area contributed by atoms with Gasteiger partial charge in [-0.15, -0.1) is 0 Å². The highest BCUT2D eigenvalue weighted by molar-refractivity contribution is 6.06. The van der Waals surface area contributed by atoms with Crippen LogP contribution in [-0.2, 0) is 6.54 Å². The lowest BCUT2D eigenvalue weighted by atomic mass is 10.1. The molecule has 0 saturated carbocycles. The Hall–Kier alpha value is -3.41. The molecular weight excluding hydrogens is 354 g/mol. The smallest absolute Gasteiger partial charge is 0.313 e. The van der Waals surface area contributed by atoms with E-state index in [2.05, 4.69) is 10.6 Å². The minimum Gasteiger partial charge on any atom is -0.313 e. The van der Waals surface area contributed by atoms with Gasteiger partial charge < -0.3 is 15.2 Å². The van der Waals surface area contributed by atoms with Crippen LogP contribution in [0.25, 0.3) is 10.8 Å². The fraction of sp³-hybridized carbons (Fsp3) is 0.227. The molecule has 6 nitrogen and oxygen atoms in total. The molecule has 0 unspecified atom stereocenters. The third-order valence-corrected chi connectivity index (χ3v) is 4.35. The average molecular weight is 377 g/mol. The number of hydrogen-bond acceptors (Lipinski definition) is 3. The minimum atomic E-state index is -0.421. The molecule has 28 heavy (non-hydrogen) atoms. The van der Waals surface area contributed by atoms with Crippen LogP contribution in [0, 0.1) is 5.92 Å². The third kappa shape index (κ3) is 4.28. The summed E-state index contributed by atoms with van der Waals surface area (Å²) in [5, 5.41) is 6.83. The zero-order chi connectivity index (χ0) is 20.3. The molecule has 1 heterocycles. The van der Waals surface area contributed by atoms with Crippen molar-refractivity contribution in [2.24, 2.45) is 5.92 Å². The van der Waals surface area contributed by atoms with Crippen molar-refractivity contribution in [1.82, 2.24) is 4.57 Å². The predicted octanol–water partition coefficient (Wildman–Crippen LogP) is 4.50. The molecule has 0 radical (unpaired) electrons. The first-order valence-corrected chi connectivity index (χ1v) is 9.16. The number of nitrogens with zero attached hydrogens (tertiary/aromatic N) is 1. The van der Waals surface area contributed by atoms with Crippen LogP contribution in [0.1, 0.15) is 31.1 Å². The largest absolute Gasteiger partial charge is 0.323 e. The Morgan fingerprint density at radius 2 is 1.61 bits per heavy atom. The van der Waals surface area contributed by atoms with Gasteiger partial charge in [-0.2, -0.15) is 0 Å². The summed E-state index contributed by atoms with van der Waals surface area (Å²) < 4.78 is 1.63. The first-order chi connectivity index (χ1) is 13.3. The molecule has 144 valence electrons. The number of urea groups is 1. The molecule has 2 N–H and O–H groups in total. The number of rotatable bonds is 5. The number of Topliss-reactive ketones (excluding diaryl/α,β-unsaturated/α-hetero) is 1. The summed E-state index contributed by atoms with van der Waals surface area (Å²) in [4.78, 5) is 36.5. The number of ketones is 1. The standard InChI is InChI=1S/C22H23N3O3/c1-14(2)12-25-13-20(18-6-4-5-7-19(18)21(25)27)24-22(28)23-17-10-8-16(9-11-17)15(3)26/h4-11,13-14H,12H2,1-3H3,(H2,23,24,28). The molecule has 1 aromatic heterocycles. The van der Waals surface area contributed by atoms with E-state index >= 15 is 0 Å². The van der Waals surface area contributed by atoms with Crippen LogP contribution < -0.4 is 16.2 Å². The van der Waals surface area contributed by atoms with E-state index in [-0.39, 0.29) is 11.3 Å². The zero-order valence-electron chi connectivity index (χ0n) is 16.2. The molecule has 0 atom stereocenters. The van der Waals surface area contributed by atoms with Crippen LogP contribution >= 0.6 is 0 Å². The quantitative estimate of drug-likeness (QED) is 0.642. The van der Waals surface area contributed by atoms with Crippen LogP contribution in [0.5, 0.6) is 0 Å². The molecular formula is C22H23N3O3. The van der Waals surface area contributed by atoms with Gasteiger partial charge in [0.2, 0.25) is 0 Å². The third-order valence-electron chi connectivity index (χ3n) is 4.35. The normalized spacial score (nSPS) is 10.9. The van der Waals surface area contributed by atoms with E-state index in [1.807, 2.05) is 32.0 Å². The van der Waals surface area contributed by atoms with E-state index in [0.29, 0.717) is 40.2 Å². The van der Waals surface area contributed by atoms with Gasteiger partial charge in [0.05, 0.1) is 5.69 Å². The van der Waals surface area contributed by atoms with E-state index in [1.54, 1.807) is 41.1 Å². The minimum absolute atomic E-state index is 0.0325. The van der Waals surface area contributed by atoms with Gasteiger partial charge in [-0.05, 0) is 43.2 Å². The van der Waals surface area contributed by atoms with Gasteiger partial charge in [0.15, 0.2) is 5.78 Å². The van der Waals surface area contributed by atoms with Crippen molar-refractivity contribution in [2.45, 2.75) is 27.3 Å². The Morgan fingerprint density at radius 3 is 2.21 bits per heavy atom. The van der Waals surface area contributed by atoms with Gasteiger partial charge >= 0.3 is 6.03 Å². The number of carbonyl (C=O) groups excluding carboxylic acids is 2. The Kier molecular flexibility index (Phi) is 5.59. The summed E-state index contributed by atoms with van der Waals surface area (Å²) in [6.07, 6.45) is 1.68. The fourth-order valence-corrected chi connectivity index (χ4v) is 3.04. The summed E-state index contributed by atoms with van der Waals surface area (Å²) in [6.45, 7) is 6.12. The van der Waals surface area contributed by atoms with Crippen molar-refractivity contribution in [3.8, 4) is 0 Å². The maximum Gasteiger partial charge on any atom is 0.323 e. The Labute approximate surface area is 163 Å². The molecule has 0 bridgehead atoms. The van der Waals surface area contributed by atoms with Crippen LogP contribution in [0.15, 0.2) is 59.5 Å². The lowest BCUT2D eigenvalue weighted by Gasteiger charge is -2.15. The Bertz CT molecular complexity index is 1080. The summed E-state index contributed by atoms with van der Waals surface area (Å²) in [7, 11) is 0. The molecule has 0 fully saturated rings.